The largest absolute Gasteiger partial charge is 0.482 e. The molecule has 1 N–H and O–H groups in total. The molecule has 1 heterocycles. The topological polar surface area (TPSA) is 59.4 Å². The van der Waals surface area contributed by atoms with Gasteiger partial charge in [-0.2, -0.15) is 13.2 Å². The number of thiazole rings is 1. The van der Waals surface area contributed by atoms with E-state index in [-0.39, 0.29) is 12.5 Å². The van der Waals surface area contributed by atoms with E-state index in [1.807, 2.05) is 32.9 Å². The molecule has 0 amide bonds. The molecule has 9 heteroatoms. The van der Waals surface area contributed by atoms with Gasteiger partial charge in [-0.3, -0.25) is 0 Å². The molecular weight excluding hydrogens is 459 g/mol. The second-order valence-electron chi connectivity index (χ2n) is 7.43. The van der Waals surface area contributed by atoms with Crippen LogP contribution < -0.4 is 4.74 Å². The Balaban J connectivity index is 1.73. The maximum absolute atomic E-state index is 12.8. The Morgan fingerprint density at radius 3 is 2.47 bits per heavy atom. The zero-order chi connectivity index (χ0) is 23.5. The Morgan fingerprint density at radius 1 is 1.19 bits per heavy atom. The molecule has 2 aromatic carbocycles. The van der Waals surface area contributed by atoms with Crippen LogP contribution in [0.2, 0.25) is 0 Å². The minimum absolute atomic E-state index is 0.163. The summed E-state index contributed by atoms with van der Waals surface area (Å²) in [5.74, 6) is 0.362. The first kappa shape index (κ1) is 24.1. The van der Waals surface area contributed by atoms with Gasteiger partial charge in [0.15, 0.2) is 6.61 Å². The highest BCUT2D eigenvalue weighted by molar-refractivity contribution is 7.98. The number of rotatable bonds is 8. The third-order valence-electron chi connectivity index (χ3n) is 4.68. The monoisotopic (exact) mass is 481 g/mol. The predicted octanol–water partition coefficient (Wildman–Crippen LogP) is 7.02. The van der Waals surface area contributed by atoms with E-state index in [1.165, 1.54) is 23.5 Å². The Hall–Kier alpha value is -2.52. The molecule has 0 aliphatic rings. The fourth-order valence-electron chi connectivity index (χ4n) is 2.97. The molecule has 1 aromatic heterocycles. The Morgan fingerprint density at radius 2 is 1.88 bits per heavy atom. The molecule has 3 aromatic rings. The fourth-order valence-corrected chi connectivity index (χ4v) is 5.13. The van der Waals surface area contributed by atoms with Gasteiger partial charge in [0.2, 0.25) is 0 Å². The minimum Gasteiger partial charge on any atom is -0.482 e. The van der Waals surface area contributed by atoms with Crippen molar-refractivity contribution >= 4 is 29.1 Å². The van der Waals surface area contributed by atoms with Gasteiger partial charge >= 0.3 is 12.1 Å². The minimum atomic E-state index is -4.36. The lowest BCUT2D eigenvalue weighted by Crippen LogP contribution is -2.10. The summed E-state index contributed by atoms with van der Waals surface area (Å²) in [5, 5.41) is 9.53. The summed E-state index contributed by atoms with van der Waals surface area (Å²) in [7, 11) is 0. The molecule has 0 radical (unpaired) electrons. The van der Waals surface area contributed by atoms with E-state index in [2.05, 4.69) is 4.98 Å². The van der Waals surface area contributed by atoms with Crippen LogP contribution in [0.4, 0.5) is 13.2 Å². The highest BCUT2D eigenvalue weighted by Crippen LogP contribution is 2.37. The number of alkyl halides is 3. The van der Waals surface area contributed by atoms with E-state index in [0.29, 0.717) is 22.1 Å². The van der Waals surface area contributed by atoms with Crippen LogP contribution >= 0.6 is 23.1 Å². The highest BCUT2D eigenvalue weighted by atomic mass is 32.2. The van der Waals surface area contributed by atoms with Gasteiger partial charge in [0.05, 0.1) is 11.3 Å². The maximum atomic E-state index is 12.8. The number of carbonyl (C=O) groups is 1. The third kappa shape index (κ3) is 6.04. The molecule has 170 valence electrons. The van der Waals surface area contributed by atoms with Crippen LogP contribution in [-0.4, -0.2) is 22.7 Å². The second-order valence-corrected chi connectivity index (χ2v) is 9.56. The van der Waals surface area contributed by atoms with Gasteiger partial charge in [-0.1, -0.05) is 26.0 Å². The van der Waals surface area contributed by atoms with Crippen LogP contribution in [0.3, 0.4) is 0 Å². The summed E-state index contributed by atoms with van der Waals surface area (Å²) >= 11 is 3.08. The number of aryl methyl sites for hydroxylation is 1. The molecular formula is C23H22F3NO3S2. The summed E-state index contributed by atoms with van der Waals surface area (Å²) in [6, 6.07) is 10.7. The summed E-state index contributed by atoms with van der Waals surface area (Å²) in [4.78, 5) is 17.4. The predicted molar refractivity (Wildman–Crippen MR) is 121 cm³/mol. The quantitative estimate of drug-likeness (QED) is 0.351. The van der Waals surface area contributed by atoms with Gasteiger partial charge in [-0.05, 0) is 48.7 Å². The molecule has 0 bridgehead atoms. The van der Waals surface area contributed by atoms with Crippen LogP contribution in [0.5, 0.6) is 5.75 Å². The van der Waals surface area contributed by atoms with Crippen LogP contribution in [-0.2, 0) is 16.7 Å². The van der Waals surface area contributed by atoms with Crippen LogP contribution in [0, 0.1) is 6.92 Å². The summed E-state index contributed by atoms with van der Waals surface area (Å²) in [6.07, 6.45) is -4.36. The second kappa shape index (κ2) is 9.95. The maximum Gasteiger partial charge on any atom is 0.416 e. The lowest BCUT2D eigenvalue weighted by molar-refractivity contribution is -0.139. The number of nitrogens with zero attached hydrogens (tertiary/aromatic N) is 1. The van der Waals surface area contributed by atoms with E-state index in [0.717, 1.165) is 33.2 Å². The van der Waals surface area contributed by atoms with E-state index < -0.39 is 17.7 Å². The van der Waals surface area contributed by atoms with Crippen molar-refractivity contribution < 1.29 is 27.8 Å². The standard InChI is InChI=1S/C23H22F3NO3S2/c1-13(2)18-10-17(8-9-19(18)30-11-21(28)29)31-12-20-14(3)27-22(32-20)15-4-6-16(7-5-15)23(24,25)26/h4-10,13H,11-12H2,1-3H3,(H,28,29). The molecule has 0 atom stereocenters. The van der Waals surface area contributed by atoms with E-state index in [1.54, 1.807) is 17.8 Å². The first-order valence-corrected chi connectivity index (χ1v) is 11.6. The van der Waals surface area contributed by atoms with Crippen molar-refractivity contribution in [3.8, 4) is 16.3 Å². The van der Waals surface area contributed by atoms with Crippen molar-refractivity contribution in [3.63, 3.8) is 0 Å². The number of hydrogen-bond donors (Lipinski definition) is 1. The van der Waals surface area contributed by atoms with Crippen LogP contribution in [0.25, 0.3) is 10.6 Å². The molecule has 0 saturated heterocycles. The lowest BCUT2D eigenvalue weighted by Gasteiger charge is -2.14. The summed E-state index contributed by atoms with van der Waals surface area (Å²) < 4.78 is 43.7. The van der Waals surface area contributed by atoms with Crippen molar-refractivity contribution in [2.45, 2.75) is 43.5 Å². The van der Waals surface area contributed by atoms with Gasteiger partial charge in [-0.25, -0.2) is 9.78 Å². The van der Waals surface area contributed by atoms with Gasteiger partial charge in [-0.15, -0.1) is 23.1 Å². The van der Waals surface area contributed by atoms with Crippen molar-refractivity contribution in [1.82, 2.24) is 4.98 Å². The van der Waals surface area contributed by atoms with Crippen LogP contribution in [0.1, 0.15) is 41.5 Å². The van der Waals surface area contributed by atoms with Gasteiger partial charge in [0.1, 0.15) is 10.8 Å². The molecule has 3 rings (SSSR count). The van der Waals surface area contributed by atoms with Gasteiger partial charge in [0.25, 0.3) is 0 Å². The van der Waals surface area contributed by atoms with Crippen LogP contribution in [0.15, 0.2) is 47.4 Å². The lowest BCUT2D eigenvalue weighted by atomic mass is 10.0. The number of aromatic nitrogens is 1. The van der Waals surface area contributed by atoms with Gasteiger partial charge in [0, 0.05) is 21.1 Å². The Labute approximate surface area is 192 Å². The number of halogens is 3. The molecule has 0 spiro atoms. The Kier molecular flexibility index (Phi) is 7.51. The van der Waals surface area contributed by atoms with E-state index in [4.69, 9.17) is 9.84 Å². The number of aliphatic carboxylic acids is 1. The SMILES string of the molecule is Cc1nc(-c2ccc(C(F)(F)F)cc2)sc1CSc1ccc(OCC(=O)O)c(C(C)C)c1. The molecule has 32 heavy (non-hydrogen) atoms. The zero-order valence-electron chi connectivity index (χ0n) is 17.7. The number of ether oxygens (including phenoxy) is 1. The highest BCUT2D eigenvalue weighted by Gasteiger charge is 2.30. The molecule has 0 aliphatic carbocycles. The normalized spacial score (nSPS) is 11.7. The number of hydrogen-bond acceptors (Lipinski definition) is 5. The molecule has 0 aliphatic heterocycles. The summed E-state index contributed by atoms with van der Waals surface area (Å²) in [6.45, 7) is 5.53. The molecule has 4 nitrogen and oxygen atoms in total. The van der Waals surface area contributed by atoms with Crippen molar-refractivity contribution in [2.75, 3.05) is 6.61 Å². The van der Waals surface area contributed by atoms with Crippen molar-refractivity contribution in [1.29, 1.82) is 0 Å². The average molecular weight is 482 g/mol. The molecule has 0 fully saturated rings. The summed E-state index contributed by atoms with van der Waals surface area (Å²) in [5.41, 5.74) is 1.76. The number of thioether (sulfide) groups is 1. The number of benzene rings is 2. The Bertz CT molecular complexity index is 1090. The first-order chi connectivity index (χ1) is 15.0. The van der Waals surface area contributed by atoms with Crippen molar-refractivity contribution in [3.05, 3.63) is 64.2 Å². The third-order valence-corrected chi connectivity index (χ3v) is 7.09. The first-order valence-electron chi connectivity index (χ1n) is 9.80. The van der Waals surface area contributed by atoms with E-state index >= 15 is 0 Å². The molecule has 0 unspecified atom stereocenters. The van der Waals surface area contributed by atoms with Gasteiger partial charge < -0.3 is 9.84 Å². The average Bonchev–Trinajstić information content (AvgIpc) is 3.11. The zero-order valence-corrected chi connectivity index (χ0v) is 19.3. The molecule has 0 saturated carbocycles. The fraction of sp³-hybridized carbons (Fsp3) is 0.304. The number of carboxylic acids is 1. The van der Waals surface area contributed by atoms with Crippen molar-refractivity contribution in [2.24, 2.45) is 0 Å². The van der Waals surface area contributed by atoms with E-state index in [9.17, 15) is 18.0 Å². The number of carboxylic acid groups (broad SMARTS) is 1. The smallest absolute Gasteiger partial charge is 0.416 e.